The van der Waals surface area contributed by atoms with Gasteiger partial charge in [-0.15, -0.1) is 0 Å². The lowest BCUT2D eigenvalue weighted by Gasteiger charge is -2.61. The van der Waals surface area contributed by atoms with Gasteiger partial charge in [-0.05, 0) is 118 Å². The normalized spacial score (nSPS) is 25.9. The average Bonchev–Trinajstić information content (AvgIpc) is 3.58. The predicted octanol–water partition coefficient (Wildman–Crippen LogP) is 11.3. The minimum atomic E-state index is 0.119. The molecule has 0 unspecified atom stereocenters. The van der Waals surface area contributed by atoms with Crippen LogP contribution in [0.15, 0.2) is 127 Å². The van der Waals surface area contributed by atoms with Gasteiger partial charge in [0.25, 0.3) is 0 Å². The van der Waals surface area contributed by atoms with E-state index in [1.54, 1.807) is 11.1 Å². The van der Waals surface area contributed by atoms with Crippen molar-refractivity contribution in [2.45, 2.75) is 37.5 Å². The Morgan fingerprint density at radius 2 is 1.16 bits per heavy atom. The van der Waals surface area contributed by atoms with Crippen molar-refractivity contribution in [2.24, 2.45) is 23.7 Å². The second kappa shape index (κ2) is 8.76. The number of para-hydroxylation sites is 1. The van der Waals surface area contributed by atoms with Gasteiger partial charge in [0, 0.05) is 21.9 Å². The van der Waals surface area contributed by atoms with Crippen LogP contribution in [-0.2, 0) is 5.41 Å². The summed E-state index contributed by atoms with van der Waals surface area (Å²) >= 11 is 0. The van der Waals surface area contributed by atoms with Crippen LogP contribution in [0.5, 0.6) is 0 Å². The lowest BCUT2D eigenvalue weighted by atomic mass is 9.43. The quantitative estimate of drug-likeness (QED) is 0.193. The largest absolute Gasteiger partial charge is 0.309 e. The first kappa shape index (κ1) is 24.7. The number of fused-ring (bicyclic) bond motifs is 8. The Labute approximate surface area is 264 Å². The zero-order valence-corrected chi connectivity index (χ0v) is 25.4. The molecule has 1 nitrogen and oxygen atoms in total. The Hall–Kier alpha value is -4.62. The van der Waals surface area contributed by atoms with E-state index in [2.05, 4.69) is 132 Å². The fraction of sp³-hybridized carbons (Fsp3) is 0.227. The van der Waals surface area contributed by atoms with Crippen molar-refractivity contribution >= 4 is 32.6 Å². The molecule has 7 aromatic rings. The van der Waals surface area contributed by atoms with Gasteiger partial charge in [0.15, 0.2) is 0 Å². The van der Waals surface area contributed by atoms with E-state index in [9.17, 15) is 0 Å². The van der Waals surface area contributed by atoms with Crippen LogP contribution in [0.25, 0.3) is 60.5 Å². The van der Waals surface area contributed by atoms with Gasteiger partial charge in [-0.1, -0.05) is 109 Å². The minimum absolute atomic E-state index is 0.119. The Morgan fingerprint density at radius 1 is 0.489 bits per heavy atom. The molecule has 0 radical (unpaired) electrons. The molecule has 5 aliphatic rings. The fourth-order valence-corrected chi connectivity index (χ4v) is 11.2. The van der Waals surface area contributed by atoms with E-state index in [-0.39, 0.29) is 5.41 Å². The molecule has 1 heteroatoms. The Bertz CT molecular complexity index is 2300. The number of hydrogen-bond donors (Lipinski definition) is 0. The van der Waals surface area contributed by atoms with Gasteiger partial charge < -0.3 is 4.57 Å². The van der Waals surface area contributed by atoms with E-state index < -0.39 is 0 Å². The summed E-state index contributed by atoms with van der Waals surface area (Å²) in [6.07, 6.45) is 7.08. The summed E-state index contributed by atoms with van der Waals surface area (Å²) in [6.45, 7) is 0. The third kappa shape index (κ3) is 3.09. The van der Waals surface area contributed by atoms with Crippen molar-refractivity contribution in [3.05, 3.63) is 139 Å². The van der Waals surface area contributed by atoms with Crippen LogP contribution in [-0.4, -0.2) is 4.57 Å². The summed E-state index contributed by atoms with van der Waals surface area (Å²) < 4.78 is 2.63. The maximum Gasteiger partial charge on any atom is 0.0588 e. The van der Waals surface area contributed by atoms with Crippen LogP contribution in [0.2, 0.25) is 0 Å². The molecular weight excluding hydrogens is 542 g/mol. The SMILES string of the molecule is c1ccc2c(c1)-c1ccc3c4ccccc4n(-c4ccc(-c5cccc6ccccc56)cc4)c3c1C21C2CC3CC(C2)CC1C3. The highest BCUT2D eigenvalue weighted by Gasteiger charge is 2.62. The molecule has 0 saturated heterocycles. The van der Waals surface area contributed by atoms with Crippen molar-refractivity contribution < 1.29 is 0 Å². The summed E-state index contributed by atoms with van der Waals surface area (Å²) in [4.78, 5) is 0. The Kier molecular flexibility index (Phi) is 4.80. The van der Waals surface area contributed by atoms with E-state index >= 15 is 0 Å². The lowest BCUT2D eigenvalue weighted by Crippen LogP contribution is -2.55. The molecule has 1 heterocycles. The second-order valence-electron chi connectivity index (χ2n) is 14.5. The molecule has 12 rings (SSSR count). The van der Waals surface area contributed by atoms with E-state index in [1.165, 1.54) is 92.6 Å². The third-order valence-corrected chi connectivity index (χ3v) is 12.6. The van der Waals surface area contributed by atoms with Gasteiger partial charge in [-0.2, -0.15) is 0 Å². The number of rotatable bonds is 2. The summed E-state index contributed by atoms with van der Waals surface area (Å²) in [5.74, 6) is 3.34. The van der Waals surface area contributed by atoms with Crippen molar-refractivity contribution in [2.75, 3.05) is 0 Å². The number of benzene rings is 6. The molecule has 216 valence electrons. The van der Waals surface area contributed by atoms with E-state index in [4.69, 9.17) is 0 Å². The van der Waals surface area contributed by atoms with Crippen LogP contribution in [0.3, 0.4) is 0 Å². The van der Waals surface area contributed by atoms with Crippen LogP contribution < -0.4 is 0 Å². The first-order valence-corrected chi connectivity index (χ1v) is 17.0. The molecule has 45 heavy (non-hydrogen) atoms. The molecule has 4 bridgehead atoms. The molecule has 1 aromatic heterocycles. The van der Waals surface area contributed by atoms with E-state index in [0.717, 1.165) is 23.7 Å². The number of nitrogens with zero attached hydrogens (tertiary/aromatic N) is 1. The Morgan fingerprint density at radius 3 is 1.98 bits per heavy atom. The third-order valence-electron chi connectivity index (χ3n) is 12.6. The second-order valence-corrected chi connectivity index (χ2v) is 14.5. The van der Waals surface area contributed by atoms with Gasteiger partial charge in [0.2, 0.25) is 0 Å². The minimum Gasteiger partial charge on any atom is -0.309 e. The first-order chi connectivity index (χ1) is 22.3. The Balaban J connectivity index is 1.20. The molecule has 0 amide bonds. The van der Waals surface area contributed by atoms with Crippen molar-refractivity contribution in [1.82, 2.24) is 4.57 Å². The van der Waals surface area contributed by atoms with Crippen molar-refractivity contribution in [3.8, 4) is 27.9 Å². The standard InChI is InChI=1S/C44H35N/c1-2-10-34-29(8-1)9-7-13-35(34)30-16-18-33(19-17-30)45-41-15-6-4-12-37(41)39-21-20-38-36-11-3-5-14-40(36)44(42(38)43(39)45)31-23-27-22-28(25-31)26-32(44)24-27/h1-21,27-28,31-32H,22-26H2. The van der Waals surface area contributed by atoms with E-state index in [0.29, 0.717) is 0 Å². The summed E-state index contributed by atoms with van der Waals surface area (Å²) in [5.41, 5.74) is 13.0. The maximum absolute atomic E-state index is 2.63. The fourth-order valence-electron chi connectivity index (χ4n) is 11.2. The molecule has 4 saturated carbocycles. The van der Waals surface area contributed by atoms with Gasteiger partial charge in [-0.3, -0.25) is 0 Å². The topological polar surface area (TPSA) is 4.93 Å². The molecule has 0 aliphatic heterocycles. The zero-order chi connectivity index (χ0) is 29.3. The maximum atomic E-state index is 2.63. The molecule has 0 N–H and O–H groups in total. The molecule has 1 spiro atoms. The summed E-state index contributed by atoms with van der Waals surface area (Å²) in [7, 11) is 0. The number of hydrogen-bond acceptors (Lipinski definition) is 0. The highest BCUT2D eigenvalue weighted by atomic mass is 15.0. The van der Waals surface area contributed by atoms with Gasteiger partial charge in [-0.25, -0.2) is 0 Å². The summed E-state index contributed by atoms with van der Waals surface area (Å²) in [5, 5.41) is 5.37. The predicted molar refractivity (Wildman–Crippen MR) is 187 cm³/mol. The number of aromatic nitrogens is 1. The molecule has 6 aromatic carbocycles. The van der Waals surface area contributed by atoms with E-state index in [1.807, 2.05) is 0 Å². The van der Waals surface area contributed by atoms with Gasteiger partial charge in [0.05, 0.1) is 11.0 Å². The molecule has 5 aliphatic carbocycles. The van der Waals surface area contributed by atoms with Crippen LogP contribution in [0, 0.1) is 23.7 Å². The average molecular weight is 578 g/mol. The van der Waals surface area contributed by atoms with Gasteiger partial charge >= 0.3 is 0 Å². The van der Waals surface area contributed by atoms with Crippen LogP contribution in [0.1, 0.15) is 43.2 Å². The first-order valence-electron chi connectivity index (χ1n) is 17.0. The molecule has 0 atom stereocenters. The van der Waals surface area contributed by atoms with Crippen LogP contribution in [0.4, 0.5) is 0 Å². The molecular formula is C44H35N. The lowest BCUT2D eigenvalue weighted by molar-refractivity contribution is -0.0394. The zero-order valence-electron chi connectivity index (χ0n) is 25.4. The van der Waals surface area contributed by atoms with Crippen molar-refractivity contribution in [3.63, 3.8) is 0 Å². The van der Waals surface area contributed by atoms with Gasteiger partial charge in [0.1, 0.15) is 0 Å². The van der Waals surface area contributed by atoms with Crippen molar-refractivity contribution in [1.29, 1.82) is 0 Å². The highest BCUT2D eigenvalue weighted by Crippen LogP contribution is 2.70. The summed E-state index contributed by atoms with van der Waals surface area (Å²) in [6, 6.07) is 48.4. The highest BCUT2D eigenvalue weighted by molar-refractivity contribution is 6.13. The van der Waals surface area contributed by atoms with Crippen LogP contribution >= 0.6 is 0 Å². The monoisotopic (exact) mass is 577 g/mol. The molecule has 4 fully saturated rings. The smallest absolute Gasteiger partial charge is 0.0588 e.